The van der Waals surface area contributed by atoms with Gasteiger partial charge in [-0.05, 0) is 36.8 Å². The van der Waals surface area contributed by atoms with Gasteiger partial charge in [0, 0.05) is 6.92 Å². The van der Waals surface area contributed by atoms with Crippen LogP contribution in [0.1, 0.15) is 25.0 Å². The third-order valence-electron chi connectivity index (χ3n) is 4.36. The van der Waals surface area contributed by atoms with Crippen molar-refractivity contribution in [1.29, 1.82) is 5.26 Å². The molecule has 7 heteroatoms. The van der Waals surface area contributed by atoms with Crippen LogP contribution < -0.4 is 9.21 Å². The first kappa shape index (κ1) is 18.0. The lowest BCUT2D eigenvalue weighted by molar-refractivity contribution is -0.117. The number of carbonyl (C=O) groups excluding carboxylic acids is 1. The number of fused-ring (bicyclic) bond motifs is 1. The molecule has 0 saturated carbocycles. The minimum atomic E-state index is -3.67. The summed E-state index contributed by atoms with van der Waals surface area (Å²) in [5.41, 5.74) is 2.07. The monoisotopic (exact) mass is 369 g/mol. The van der Waals surface area contributed by atoms with Crippen LogP contribution in [0.5, 0.6) is 0 Å². The SMILES string of the molecule is CC(=O)N1c2ccccc2N(S(=O)(=O)Cc2cccc(C#N)c2)C[C@@H]1C. The molecule has 1 heterocycles. The summed E-state index contributed by atoms with van der Waals surface area (Å²) in [6, 6.07) is 15.3. The quantitative estimate of drug-likeness (QED) is 0.833. The highest BCUT2D eigenvalue weighted by molar-refractivity contribution is 7.92. The first-order valence-electron chi connectivity index (χ1n) is 8.22. The van der Waals surface area contributed by atoms with Crippen molar-refractivity contribution in [3.8, 4) is 6.07 Å². The van der Waals surface area contributed by atoms with Crippen LogP contribution in [0.25, 0.3) is 0 Å². The summed E-state index contributed by atoms with van der Waals surface area (Å²) in [4.78, 5) is 13.6. The Kier molecular flexibility index (Phi) is 4.70. The van der Waals surface area contributed by atoms with E-state index in [2.05, 4.69) is 0 Å². The van der Waals surface area contributed by atoms with Crippen LogP contribution in [-0.4, -0.2) is 26.9 Å². The molecule has 6 nitrogen and oxygen atoms in total. The molecule has 1 amide bonds. The van der Waals surface area contributed by atoms with Crippen molar-refractivity contribution < 1.29 is 13.2 Å². The second kappa shape index (κ2) is 6.81. The predicted octanol–water partition coefficient (Wildman–Crippen LogP) is 2.65. The Morgan fingerprint density at radius 1 is 1.19 bits per heavy atom. The van der Waals surface area contributed by atoms with Gasteiger partial charge in [-0.1, -0.05) is 24.3 Å². The average molecular weight is 369 g/mol. The molecule has 1 aliphatic heterocycles. The maximum absolute atomic E-state index is 13.1. The van der Waals surface area contributed by atoms with Gasteiger partial charge >= 0.3 is 0 Å². The zero-order valence-electron chi connectivity index (χ0n) is 14.6. The molecule has 0 aromatic heterocycles. The first-order valence-corrected chi connectivity index (χ1v) is 9.82. The fraction of sp³-hybridized carbons (Fsp3) is 0.263. The van der Waals surface area contributed by atoms with Gasteiger partial charge in [0.1, 0.15) is 0 Å². The molecule has 0 saturated heterocycles. The summed E-state index contributed by atoms with van der Waals surface area (Å²) < 4.78 is 27.5. The van der Waals surface area contributed by atoms with Crippen LogP contribution >= 0.6 is 0 Å². The molecule has 1 atom stereocenters. The third-order valence-corrected chi connectivity index (χ3v) is 6.08. The molecule has 0 fully saturated rings. The lowest BCUT2D eigenvalue weighted by Gasteiger charge is -2.41. The fourth-order valence-corrected chi connectivity index (χ4v) is 4.95. The van der Waals surface area contributed by atoms with Crippen molar-refractivity contribution in [1.82, 2.24) is 0 Å². The van der Waals surface area contributed by atoms with Gasteiger partial charge in [0.2, 0.25) is 15.9 Å². The van der Waals surface area contributed by atoms with Crippen molar-refractivity contribution in [2.75, 3.05) is 15.7 Å². The van der Waals surface area contributed by atoms with E-state index in [0.717, 1.165) is 0 Å². The van der Waals surface area contributed by atoms with E-state index in [-0.39, 0.29) is 24.2 Å². The molecular formula is C19H19N3O3S. The molecule has 2 aromatic rings. The first-order chi connectivity index (χ1) is 12.3. The number of nitriles is 1. The number of hydrogen-bond acceptors (Lipinski definition) is 4. The molecule has 0 spiro atoms. The highest BCUT2D eigenvalue weighted by Crippen LogP contribution is 2.37. The zero-order valence-corrected chi connectivity index (χ0v) is 15.4. The fourth-order valence-electron chi connectivity index (χ4n) is 3.30. The van der Waals surface area contributed by atoms with Crippen molar-refractivity contribution in [2.24, 2.45) is 0 Å². The maximum atomic E-state index is 13.1. The molecule has 0 unspecified atom stereocenters. The van der Waals surface area contributed by atoms with E-state index >= 15 is 0 Å². The van der Waals surface area contributed by atoms with Crippen LogP contribution in [0.4, 0.5) is 11.4 Å². The summed E-state index contributed by atoms with van der Waals surface area (Å²) in [5.74, 6) is -0.326. The van der Waals surface area contributed by atoms with Crippen LogP contribution in [0.15, 0.2) is 48.5 Å². The van der Waals surface area contributed by atoms with Crippen LogP contribution in [0, 0.1) is 11.3 Å². The molecule has 0 N–H and O–H groups in total. The van der Waals surface area contributed by atoms with Crippen LogP contribution in [-0.2, 0) is 20.6 Å². The highest BCUT2D eigenvalue weighted by atomic mass is 32.2. The number of sulfonamides is 1. The summed E-state index contributed by atoms with van der Waals surface area (Å²) in [6.07, 6.45) is 0. The van der Waals surface area contributed by atoms with E-state index in [1.807, 2.05) is 13.0 Å². The third kappa shape index (κ3) is 3.28. The molecule has 0 radical (unpaired) electrons. The predicted molar refractivity (Wildman–Crippen MR) is 100 cm³/mol. The lowest BCUT2D eigenvalue weighted by Crippen LogP contribution is -2.51. The molecule has 2 aromatic carbocycles. The summed E-state index contributed by atoms with van der Waals surface area (Å²) in [5, 5.41) is 9.01. The minimum absolute atomic E-state index is 0.122. The molecule has 0 bridgehead atoms. The summed E-state index contributed by atoms with van der Waals surface area (Å²) in [6.45, 7) is 3.50. The summed E-state index contributed by atoms with van der Waals surface area (Å²) in [7, 11) is -3.67. The Morgan fingerprint density at radius 2 is 1.88 bits per heavy atom. The van der Waals surface area contributed by atoms with E-state index in [4.69, 9.17) is 5.26 Å². The van der Waals surface area contributed by atoms with E-state index in [1.165, 1.54) is 11.2 Å². The number of anilines is 2. The molecule has 3 rings (SSSR count). The second-order valence-electron chi connectivity index (χ2n) is 6.33. The van der Waals surface area contributed by atoms with Crippen molar-refractivity contribution >= 4 is 27.3 Å². The van der Waals surface area contributed by atoms with Gasteiger partial charge < -0.3 is 4.90 Å². The standard InChI is InChI=1S/C19H19N3O3S/c1-14-12-21(18-8-3-4-9-19(18)22(14)15(2)23)26(24,25)13-17-7-5-6-16(10-17)11-20/h3-10,14H,12-13H2,1-2H3/t14-/m0/s1. The molecule has 26 heavy (non-hydrogen) atoms. The number of carbonyl (C=O) groups is 1. The van der Waals surface area contributed by atoms with Crippen LogP contribution in [0.2, 0.25) is 0 Å². The van der Waals surface area contributed by atoms with Gasteiger partial charge in [-0.25, -0.2) is 8.42 Å². The number of para-hydroxylation sites is 2. The second-order valence-corrected chi connectivity index (χ2v) is 8.22. The maximum Gasteiger partial charge on any atom is 0.239 e. The molecule has 1 aliphatic rings. The zero-order chi connectivity index (χ0) is 18.9. The number of amides is 1. The minimum Gasteiger partial charge on any atom is -0.306 e. The van der Waals surface area contributed by atoms with Crippen molar-refractivity contribution in [2.45, 2.75) is 25.6 Å². The number of rotatable bonds is 3. The van der Waals surface area contributed by atoms with Crippen LogP contribution in [0.3, 0.4) is 0 Å². The Balaban J connectivity index is 2.01. The van der Waals surface area contributed by atoms with Gasteiger partial charge in [0.15, 0.2) is 0 Å². The van der Waals surface area contributed by atoms with E-state index in [9.17, 15) is 13.2 Å². The Hall–Kier alpha value is -2.85. The topological polar surface area (TPSA) is 81.5 Å². The van der Waals surface area contributed by atoms with E-state index in [1.54, 1.807) is 53.4 Å². The van der Waals surface area contributed by atoms with Gasteiger partial charge in [0.05, 0.1) is 41.3 Å². The largest absolute Gasteiger partial charge is 0.306 e. The normalized spacial score (nSPS) is 16.7. The van der Waals surface area contributed by atoms with Crippen molar-refractivity contribution in [3.05, 3.63) is 59.7 Å². The lowest BCUT2D eigenvalue weighted by atomic mass is 10.1. The van der Waals surface area contributed by atoms with Gasteiger partial charge in [0.25, 0.3) is 0 Å². The molecule has 0 aliphatic carbocycles. The Labute approximate surface area is 153 Å². The summed E-state index contributed by atoms with van der Waals surface area (Å²) >= 11 is 0. The number of benzene rings is 2. The average Bonchev–Trinajstić information content (AvgIpc) is 2.60. The van der Waals surface area contributed by atoms with Gasteiger partial charge in [-0.15, -0.1) is 0 Å². The highest BCUT2D eigenvalue weighted by Gasteiger charge is 2.35. The smallest absolute Gasteiger partial charge is 0.239 e. The molecule has 134 valence electrons. The number of nitrogens with zero attached hydrogens (tertiary/aromatic N) is 3. The van der Waals surface area contributed by atoms with Gasteiger partial charge in [-0.3, -0.25) is 9.10 Å². The number of hydrogen-bond donors (Lipinski definition) is 0. The Morgan fingerprint density at radius 3 is 2.54 bits per heavy atom. The van der Waals surface area contributed by atoms with E-state index in [0.29, 0.717) is 22.5 Å². The Bertz CT molecular complexity index is 995. The van der Waals surface area contributed by atoms with Crippen molar-refractivity contribution in [3.63, 3.8) is 0 Å². The van der Waals surface area contributed by atoms with Gasteiger partial charge in [-0.2, -0.15) is 5.26 Å². The van der Waals surface area contributed by atoms with E-state index < -0.39 is 10.0 Å². The molecular weight excluding hydrogens is 350 g/mol.